The van der Waals surface area contributed by atoms with E-state index in [1.54, 1.807) is 6.92 Å². The summed E-state index contributed by atoms with van der Waals surface area (Å²) in [4.78, 5) is 35.7. The molecule has 10 atom stereocenters. The summed E-state index contributed by atoms with van der Waals surface area (Å²) >= 11 is 0. The van der Waals surface area contributed by atoms with Crippen LogP contribution in [0, 0.1) is 46.3 Å². The van der Waals surface area contributed by atoms with Gasteiger partial charge in [-0.15, -0.1) is 0 Å². The lowest BCUT2D eigenvalue weighted by atomic mass is 9.43. The number of methoxy groups -OCH3 is 1. The second-order valence-electron chi connectivity index (χ2n) is 12.7. The molecule has 4 aliphatic rings. The third kappa shape index (κ3) is 4.87. The van der Waals surface area contributed by atoms with E-state index >= 15 is 0 Å². The molecule has 0 amide bonds. The quantitative estimate of drug-likeness (QED) is 0.351. The molecule has 4 fully saturated rings. The largest absolute Gasteiger partial charge is 0.469 e. The molecule has 35 heavy (non-hydrogen) atoms. The first-order chi connectivity index (χ1) is 16.5. The van der Waals surface area contributed by atoms with Gasteiger partial charge in [0.15, 0.2) is 0 Å². The van der Waals surface area contributed by atoms with Crippen molar-refractivity contribution in [2.24, 2.45) is 46.3 Å². The number of carbonyl (C=O) groups excluding carboxylic acids is 3. The molecule has 0 aliphatic heterocycles. The van der Waals surface area contributed by atoms with Gasteiger partial charge in [-0.3, -0.25) is 14.4 Å². The Morgan fingerprint density at radius 1 is 0.943 bits per heavy atom. The molecule has 0 radical (unpaired) electrons. The average molecular weight is 491 g/mol. The predicted molar refractivity (Wildman–Crippen MR) is 132 cm³/mol. The molecule has 6 heteroatoms. The van der Waals surface area contributed by atoms with Gasteiger partial charge in [0.05, 0.1) is 7.11 Å². The maximum atomic E-state index is 12.3. The second-order valence-corrected chi connectivity index (χ2v) is 12.7. The molecule has 0 unspecified atom stereocenters. The maximum absolute atomic E-state index is 12.3. The Hall–Kier alpha value is -1.59. The monoisotopic (exact) mass is 490 g/mol. The predicted octanol–water partition coefficient (Wildman–Crippen LogP) is 5.71. The summed E-state index contributed by atoms with van der Waals surface area (Å²) in [5, 5.41) is 0. The third-order valence-corrected chi connectivity index (χ3v) is 11.0. The number of rotatable bonds is 6. The van der Waals surface area contributed by atoms with Crippen LogP contribution in [0.1, 0.15) is 98.8 Å². The zero-order valence-corrected chi connectivity index (χ0v) is 22.6. The van der Waals surface area contributed by atoms with Gasteiger partial charge >= 0.3 is 17.9 Å². The van der Waals surface area contributed by atoms with Crippen molar-refractivity contribution >= 4 is 17.9 Å². The second kappa shape index (κ2) is 10.0. The van der Waals surface area contributed by atoms with Crippen molar-refractivity contribution in [2.45, 2.75) is 111 Å². The van der Waals surface area contributed by atoms with Crippen LogP contribution < -0.4 is 0 Å². The van der Waals surface area contributed by atoms with Crippen molar-refractivity contribution < 1.29 is 28.6 Å². The standard InChI is InChI=1S/C29H46O6/c1-17(7-12-26(32)33-6)23-10-11-24-22-9-8-20-15-21(34-18(2)30)13-14-28(20,4)27(22)25(35-19(3)31)16-29(23,24)5/h17,20-25,27H,7-16H2,1-6H3/t17-,20+,21+,22-,23+,24-,25+,27+,28-,29+/m0/s1. The van der Waals surface area contributed by atoms with Crippen LogP contribution in [-0.2, 0) is 28.6 Å². The van der Waals surface area contributed by atoms with E-state index in [0.717, 1.165) is 38.5 Å². The molecule has 0 aromatic carbocycles. The minimum Gasteiger partial charge on any atom is -0.469 e. The molecule has 4 aliphatic carbocycles. The smallest absolute Gasteiger partial charge is 0.305 e. The summed E-state index contributed by atoms with van der Waals surface area (Å²) in [6.45, 7) is 10.2. The highest BCUT2D eigenvalue weighted by atomic mass is 16.5. The van der Waals surface area contributed by atoms with Crippen molar-refractivity contribution in [3.63, 3.8) is 0 Å². The summed E-state index contributed by atoms with van der Waals surface area (Å²) in [6.07, 6.45) is 9.80. The zero-order chi connectivity index (χ0) is 25.5. The number of hydrogen-bond acceptors (Lipinski definition) is 6. The average Bonchev–Trinajstić information content (AvgIpc) is 3.13. The van der Waals surface area contributed by atoms with E-state index in [2.05, 4.69) is 20.8 Å². The molecule has 4 saturated carbocycles. The van der Waals surface area contributed by atoms with Gasteiger partial charge in [-0.2, -0.15) is 0 Å². The van der Waals surface area contributed by atoms with E-state index in [4.69, 9.17) is 14.2 Å². The fourth-order valence-electron chi connectivity index (χ4n) is 9.59. The Kier molecular flexibility index (Phi) is 7.60. The van der Waals surface area contributed by atoms with Crippen LogP contribution in [0.15, 0.2) is 0 Å². The van der Waals surface area contributed by atoms with Gasteiger partial charge in [0, 0.05) is 26.2 Å². The van der Waals surface area contributed by atoms with E-state index in [0.29, 0.717) is 41.9 Å². The minimum atomic E-state index is -0.183. The molecule has 0 spiro atoms. The fourth-order valence-corrected chi connectivity index (χ4v) is 9.59. The Morgan fingerprint density at radius 3 is 2.31 bits per heavy atom. The van der Waals surface area contributed by atoms with Crippen LogP contribution >= 0.6 is 0 Å². The summed E-state index contributed by atoms with van der Waals surface area (Å²) in [5.74, 6) is 2.53. The van der Waals surface area contributed by atoms with Gasteiger partial charge < -0.3 is 14.2 Å². The fraction of sp³-hybridized carbons (Fsp3) is 0.897. The van der Waals surface area contributed by atoms with Gasteiger partial charge in [-0.25, -0.2) is 0 Å². The van der Waals surface area contributed by atoms with E-state index < -0.39 is 0 Å². The highest BCUT2D eigenvalue weighted by molar-refractivity contribution is 5.69. The van der Waals surface area contributed by atoms with Crippen LogP contribution in [0.25, 0.3) is 0 Å². The van der Waals surface area contributed by atoms with Gasteiger partial charge in [-0.1, -0.05) is 20.8 Å². The molecular formula is C29H46O6. The Balaban J connectivity index is 1.58. The Morgan fingerprint density at radius 2 is 1.66 bits per heavy atom. The number of ether oxygens (including phenoxy) is 3. The highest BCUT2D eigenvalue weighted by Crippen LogP contribution is 2.69. The third-order valence-electron chi connectivity index (χ3n) is 11.0. The summed E-state index contributed by atoms with van der Waals surface area (Å²) in [7, 11) is 1.46. The lowest BCUT2D eigenvalue weighted by Crippen LogP contribution is -2.60. The molecule has 198 valence electrons. The van der Waals surface area contributed by atoms with Crippen molar-refractivity contribution in [1.82, 2.24) is 0 Å². The van der Waals surface area contributed by atoms with E-state index in [1.807, 2.05) is 0 Å². The number of hydrogen-bond donors (Lipinski definition) is 0. The zero-order valence-electron chi connectivity index (χ0n) is 22.6. The van der Waals surface area contributed by atoms with E-state index in [1.165, 1.54) is 33.3 Å². The Labute approximate surface area is 211 Å². The van der Waals surface area contributed by atoms with Gasteiger partial charge in [0.2, 0.25) is 0 Å². The Bertz CT molecular complexity index is 824. The number of esters is 3. The molecule has 0 bridgehead atoms. The molecule has 0 aromatic rings. The van der Waals surface area contributed by atoms with Gasteiger partial charge in [0.25, 0.3) is 0 Å². The maximum Gasteiger partial charge on any atom is 0.305 e. The van der Waals surface area contributed by atoms with Gasteiger partial charge in [0.1, 0.15) is 12.2 Å². The van der Waals surface area contributed by atoms with E-state index in [9.17, 15) is 14.4 Å². The first-order valence-corrected chi connectivity index (χ1v) is 13.9. The normalized spacial score (nSPS) is 43.2. The SMILES string of the molecule is COC(=O)CC[C@H](C)[C@H]1CC[C@H]2[C@@H]3CC[C@@H]4C[C@H](OC(C)=O)CC[C@]4(C)[C@H]3[C@H](OC(C)=O)C[C@]12C. The van der Waals surface area contributed by atoms with Crippen molar-refractivity contribution in [2.75, 3.05) is 7.11 Å². The summed E-state index contributed by atoms with van der Waals surface area (Å²) in [6, 6.07) is 0. The highest BCUT2D eigenvalue weighted by Gasteiger charge is 2.64. The van der Waals surface area contributed by atoms with E-state index in [-0.39, 0.29) is 40.9 Å². The molecule has 0 heterocycles. The molecular weight excluding hydrogens is 444 g/mol. The van der Waals surface area contributed by atoms with Crippen LogP contribution in [0.2, 0.25) is 0 Å². The van der Waals surface area contributed by atoms with Crippen LogP contribution in [0.5, 0.6) is 0 Å². The van der Waals surface area contributed by atoms with Crippen molar-refractivity contribution in [3.8, 4) is 0 Å². The first-order valence-electron chi connectivity index (χ1n) is 13.9. The molecule has 0 saturated heterocycles. The molecule has 0 aromatic heterocycles. The molecule has 6 nitrogen and oxygen atoms in total. The molecule has 4 rings (SSSR count). The molecule has 0 N–H and O–H groups in total. The van der Waals surface area contributed by atoms with Crippen molar-refractivity contribution in [1.29, 1.82) is 0 Å². The summed E-state index contributed by atoms with van der Waals surface area (Å²) in [5.41, 5.74) is 0.227. The van der Waals surface area contributed by atoms with Gasteiger partial charge in [-0.05, 0) is 98.2 Å². The lowest BCUT2D eigenvalue weighted by molar-refractivity contribution is -0.201. The topological polar surface area (TPSA) is 78.9 Å². The van der Waals surface area contributed by atoms with Crippen molar-refractivity contribution in [3.05, 3.63) is 0 Å². The first kappa shape index (κ1) is 26.5. The number of carbonyl (C=O) groups is 3. The van der Waals surface area contributed by atoms with Crippen LogP contribution in [0.3, 0.4) is 0 Å². The van der Waals surface area contributed by atoms with Crippen LogP contribution in [0.4, 0.5) is 0 Å². The lowest BCUT2D eigenvalue weighted by Gasteiger charge is -2.63. The summed E-state index contributed by atoms with van der Waals surface area (Å²) < 4.78 is 16.7. The minimum absolute atomic E-state index is 0.0229. The van der Waals surface area contributed by atoms with Crippen LogP contribution in [-0.4, -0.2) is 37.2 Å². The number of fused-ring (bicyclic) bond motifs is 5.